The van der Waals surface area contributed by atoms with Gasteiger partial charge in [0.1, 0.15) is 18.0 Å². The molecule has 0 aromatic heterocycles. The summed E-state index contributed by atoms with van der Waals surface area (Å²) >= 11 is 0. The normalized spacial score (nSPS) is 16.3. The molecule has 7 nitrogen and oxygen atoms in total. The van der Waals surface area contributed by atoms with Gasteiger partial charge in [-0.3, -0.25) is 0 Å². The van der Waals surface area contributed by atoms with Gasteiger partial charge in [-0.05, 0) is 44.9 Å². The SMILES string of the molecule is Cc1ccccc1OCC[C@@H]1CN(C(=O)OCc2ccccc2)CCN1C(=O)OC(C)(C)C. The molecule has 1 atom stereocenters. The maximum absolute atomic E-state index is 12.8. The topological polar surface area (TPSA) is 68.3 Å². The number of carbonyl (C=O) groups excluding carboxylic acids is 2. The van der Waals surface area contributed by atoms with E-state index in [-0.39, 0.29) is 24.8 Å². The number of nitrogens with zero attached hydrogens (tertiary/aromatic N) is 2. The third-order valence-electron chi connectivity index (χ3n) is 5.38. The van der Waals surface area contributed by atoms with E-state index in [4.69, 9.17) is 14.2 Å². The molecule has 1 fully saturated rings. The number of carbonyl (C=O) groups is 2. The molecule has 0 radical (unpaired) electrons. The van der Waals surface area contributed by atoms with Crippen LogP contribution in [0.4, 0.5) is 9.59 Å². The maximum Gasteiger partial charge on any atom is 0.410 e. The Morgan fingerprint density at radius 1 is 0.970 bits per heavy atom. The molecule has 33 heavy (non-hydrogen) atoms. The van der Waals surface area contributed by atoms with Gasteiger partial charge in [0.25, 0.3) is 0 Å². The summed E-state index contributed by atoms with van der Waals surface area (Å²) in [5.41, 5.74) is 1.39. The Morgan fingerprint density at radius 3 is 2.36 bits per heavy atom. The fourth-order valence-corrected chi connectivity index (χ4v) is 3.66. The molecule has 2 aromatic rings. The number of para-hydroxylation sites is 1. The third-order valence-corrected chi connectivity index (χ3v) is 5.38. The summed E-state index contributed by atoms with van der Waals surface area (Å²) in [6.45, 7) is 9.30. The minimum Gasteiger partial charge on any atom is -0.493 e. The zero-order valence-electron chi connectivity index (χ0n) is 20.0. The van der Waals surface area contributed by atoms with Crippen LogP contribution in [0.25, 0.3) is 0 Å². The second-order valence-corrected chi connectivity index (χ2v) is 9.22. The molecular weight excluding hydrogens is 420 g/mol. The van der Waals surface area contributed by atoms with E-state index in [9.17, 15) is 9.59 Å². The highest BCUT2D eigenvalue weighted by Gasteiger charge is 2.35. The van der Waals surface area contributed by atoms with Crippen LogP contribution in [0.1, 0.15) is 38.3 Å². The van der Waals surface area contributed by atoms with Crippen LogP contribution in [0.3, 0.4) is 0 Å². The fraction of sp³-hybridized carbons (Fsp3) is 0.462. The molecule has 178 valence electrons. The first kappa shape index (κ1) is 24.4. The largest absolute Gasteiger partial charge is 0.493 e. The van der Waals surface area contributed by atoms with Crippen molar-refractivity contribution >= 4 is 12.2 Å². The molecular formula is C26H34N2O5. The third kappa shape index (κ3) is 7.41. The highest BCUT2D eigenvalue weighted by Crippen LogP contribution is 2.21. The summed E-state index contributed by atoms with van der Waals surface area (Å²) in [5, 5.41) is 0. The number of aryl methyl sites for hydroxylation is 1. The molecule has 3 rings (SSSR count). The smallest absolute Gasteiger partial charge is 0.410 e. The minimum atomic E-state index is -0.592. The van der Waals surface area contributed by atoms with E-state index in [1.54, 1.807) is 9.80 Å². The number of rotatable bonds is 6. The van der Waals surface area contributed by atoms with Crippen LogP contribution in [0.5, 0.6) is 5.75 Å². The first-order valence-electron chi connectivity index (χ1n) is 11.4. The Morgan fingerprint density at radius 2 is 1.67 bits per heavy atom. The lowest BCUT2D eigenvalue weighted by molar-refractivity contribution is -0.00615. The molecule has 1 aliphatic heterocycles. The Bertz CT molecular complexity index is 926. The van der Waals surface area contributed by atoms with Gasteiger partial charge in [-0.1, -0.05) is 48.5 Å². The molecule has 1 saturated heterocycles. The Balaban J connectivity index is 1.62. The van der Waals surface area contributed by atoms with Crippen LogP contribution in [-0.4, -0.2) is 59.9 Å². The number of amides is 2. The Kier molecular flexibility index (Phi) is 8.20. The molecule has 7 heteroatoms. The van der Waals surface area contributed by atoms with Crippen molar-refractivity contribution in [1.82, 2.24) is 9.80 Å². The van der Waals surface area contributed by atoms with Crippen molar-refractivity contribution < 1.29 is 23.8 Å². The van der Waals surface area contributed by atoms with Crippen LogP contribution in [0, 0.1) is 6.92 Å². The fourth-order valence-electron chi connectivity index (χ4n) is 3.66. The Labute approximate surface area is 196 Å². The van der Waals surface area contributed by atoms with Gasteiger partial charge >= 0.3 is 12.2 Å². The van der Waals surface area contributed by atoms with Gasteiger partial charge in [0.05, 0.1) is 12.6 Å². The van der Waals surface area contributed by atoms with E-state index in [1.165, 1.54) is 0 Å². The average molecular weight is 455 g/mol. The lowest BCUT2D eigenvalue weighted by atomic mass is 10.1. The van der Waals surface area contributed by atoms with Gasteiger partial charge in [-0.25, -0.2) is 9.59 Å². The summed E-state index contributed by atoms with van der Waals surface area (Å²) in [6.07, 6.45) is -0.191. The van der Waals surface area contributed by atoms with E-state index in [1.807, 2.05) is 82.3 Å². The zero-order chi connectivity index (χ0) is 23.8. The lowest BCUT2D eigenvalue weighted by Crippen LogP contribution is -2.57. The van der Waals surface area contributed by atoms with Crippen LogP contribution < -0.4 is 4.74 Å². The molecule has 1 heterocycles. The van der Waals surface area contributed by atoms with E-state index >= 15 is 0 Å². The molecule has 0 N–H and O–H groups in total. The van der Waals surface area contributed by atoms with E-state index in [2.05, 4.69) is 0 Å². The van der Waals surface area contributed by atoms with Crippen molar-refractivity contribution in [2.75, 3.05) is 26.2 Å². The van der Waals surface area contributed by atoms with Crippen molar-refractivity contribution in [3.8, 4) is 5.75 Å². The van der Waals surface area contributed by atoms with Crippen molar-refractivity contribution in [2.45, 2.75) is 52.4 Å². The zero-order valence-corrected chi connectivity index (χ0v) is 20.0. The van der Waals surface area contributed by atoms with Gasteiger partial charge in [0, 0.05) is 26.1 Å². The van der Waals surface area contributed by atoms with Crippen molar-refractivity contribution in [1.29, 1.82) is 0 Å². The van der Waals surface area contributed by atoms with Gasteiger partial charge in [0.2, 0.25) is 0 Å². The lowest BCUT2D eigenvalue weighted by Gasteiger charge is -2.41. The number of piperazine rings is 1. The summed E-state index contributed by atoms with van der Waals surface area (Å²) in [5.74, 6) is 0.816. The predicted octanol–water partition coefficient (Wildman–Crippen LogP) is 5.02. The van der Waals surface area contributed by atoms with Crippen LogP contribution >= 0.6 is 0 Å². The minimum absolute atomic E-state index is 0.215. The molecule has 0 unspecified atom stereocenters. The molecule has 0 saturated carbocycles. The summed E-state index contributed by atoms with van der Waals surface area (Å²) < 4.78 is 17.1. The Hall–Kier alpha value is -3.22. The van der Waals surface area contributed by atoms with Gasteiger partial charge < -0.3 is 24.0 Å². The molecule has 1 aliphatic rings. The maximum atomic E-state index is 12.8. The molecule has 2 aromatic carbocycles. The van der Waals surface area contributed by atoms with Crippen molar-refractivity contribution in [2.24, 2.45) is 0 Å². The van der Waals surface area contributed by atoms with Gasteiger partial charge in [-0.15, -0.1) is 0 Å². The van der Waals surface area contributed by atoms with Crippen molar-refractivity contribution in [3.05, 3.63) is 65.7 Å². The molecule has 2 amide bonds. The van der Waals surface area contributed by atoms with Crippen LogP contribution in [0.15, 0.2) is 54.6 Å². The van der Waals surface area contributed by atoms with E-state index in [0.29, 0.717) is 32.7 Å². The number of hydrogen-bond donors (Lipinski definition) is 0. The molecule has 0 aliphatic carbocycles. The van der Waals surface area contributed by atoms with E-state index in [0.717, 1.165) is 16.9 Å². The number of hydrogen-bond acceptors (Lipinski definition) is 5. The first-order valence-corrected chi connectivity index (χ1v) is 11.4. The second kappa shape index (κ2) is 11.1. The van der Waals surface area contributed by atoms with Gasteiger partial charge in [0.15, 0.2) is 0 Å². The number of ether oxygens (including phenoxy) is 3. The van der Waals surface area contributed by atoms with Crippen molar-refractivity contribution in [3.63, 3.8) is 0 Å². The number of benzene rings is 2. The highest BCUT2D eigenvalue weighted by molar-refractivity contribution is 5.71. The second-order valence-electron chi connectivity index (χ2n) is 9.22. The van der Waals surface area contributed by atoms with E-state index < -0.39 is 5.60 Å². The van der Waals surface area contributed by atoms with Crippen LogP contribution in [-0.2, 0) is 16.1 Å². The quantitative estimate of drug-likeness (QED) is 0.613. The molecule has 0 spiro atoms. The highest BCUT2D eigenvalue weighted by atomic mass is 16.6. The molecule has 0 bridgehead atoms. The summed E-state index contributed by atoms with van der Waals surface area (Å²) in [6, 6.07) is 17.2. The standard InChI is InChI=1S/C26H34N2O5/c1-20-10-8-9-13-23(20)31-17-14-22-18-27(15-16-28(22)25(30)33-26(2,3)4)24(29)32-19-21-11-6-5-7-12-21/h5-13,22H,14-19H2,1-4H3/t22-/m1/s1. The first-order chi connectivity index (χ1) is 15.7. The van der Waals surface area contributed by atoms with Crippen LogP contribution in [0.2, 0.25) is 0 Å². The summed E-state index contributed by atoms with van der Waals surface area (Å²) in [7, 11) is 0. The average Bonchev–Trinajstić information content (AvgIpc) is 2.78. The monoisotopic (exact) mass is 454 g/mol. The van der Waals surface area contributed by atoms with Gasteiger partial charge in [-0.2, -0.15) is 0 Å². The summed E-state index contributed by atoms with van der Waals surface area (Å²) in [4.78, 5) is 28.9. The predicted molar refractivity (Wildman–Crippen MR) is 126 cm³/mol.